The van der Waals surface area contributed by atoms with Crippen LogP contribution in [0.4, 0.5) is 4.39 Å². The molecule has 0 saturated carbocycles. The predicted molar refractivity (Wildman–Crippen MR) is 110 cm³/mol. The average Bonchev–Trinajstić information content (AvgIpc) is 3.07. The Morgan fingerprint density at radius 2 is 2.11 bits per heavy atom. The van der Waals surface area contributed by atoms with Gasteiger partial charge in [0, 0.05) is 24.0 Å². The van der Waals surface area contributed by atoms with Crippen molar-refractivity contribution in [2.45, 2.75) is 37.4 Å². The van der Waals surface area contributed by atoms with E-state index in [-0.39, 0.29) is 29.6 Å². The second kappa shape index (κ2) is 8.05. The van der Waals surface area contributed by atoms with Crippen LogP contribution in [0, 0.1) is 5.82 Å². The molecule has 1 N–H and O–H groups in total. The second-order valence-corrected chi connectivity index (χ2v) is 8.83. The summed E-state index contributed by atoms with van der Waals surface area (Å²) in [7, 11) is 1.70. The minimum atomic E-state index is -0.341. The molecule has 1 aromatic carbocycles. The topological polar surface area (TPSA) is 64.0 Å². The van der Waals surface area contributed by atoms with Crippen LogP contribution >= 0.6 is 23.1 Å². The molecular formula is C20H20FN3O2S2. The van der Waals surface area contributed by atoms with E-state index in [0.717, 1.165) is 35.9 Å². The first-order valence-electron chi connectivity index (χ1n) is 9.19. The second-order valence-electron chi connectivity index (χ2n) is 6.81. The fraction of sp³-hybridized carbons (Fsp3) is 0.350. The van der Waals surface area contributed by atoms with Crippen molar-refractivity contribution in [3.05, 3.63) is 56.4 Å². The standard InChI is InChI=1S/C20H20FN3O2S2/c1-24-19(26)17-13-7-3-5-9-15(13)28-18(17)23-20(24)27-11-16(25)22-10-12-6-2-4-8-14(12)21/h2,4,6,8H,3,5,7,9-11H2,1H3,(H,22,25). The molecule has 0 bridgehead atoms. The van der Waals surface area contributed by atoms with Crippen LogP contribution in [0.15, 0.2) is 34.2 Å². The van der Waals surface area contributed by atoms with Crippen molar-refractivity contribution in [1.29, 1.82) is 0 Å². The van der Waals surface area contributed by atoms with Gasteiger partial charge in [0.25, 0.3) is 5.56 Å². The molecular weight excluding hydrogens is 397 g/mol. The van der Waals surface area contributed by atoms with Gasteiger partial charge in [0.15, 0.2) is 5.16 Å². The van der Waals surface area contributed by atoms with Crippen molar-refractivity contribution in [2.75, 3.05) is 5.75 Å². The number of benzene rings is 1. The van der Waals surface area contributed by atoms with Crippen LogP contribution in [0.5, 0.6) is 0 Å². The van der Waals surface area contributed by atoms with Crippen LogP contribution in [-0.4, -0.2) is 21.2 Å². The van der Waals surface area contributed by atoms with Crippen LogP contribution in [-0.2, 0) is 31.2 Å². The molecule has 0 fully saturated rings. The van der Waals surface area contributed by atoms with Crippen molar-refractivity contribution < 1.29 is 9.18 Å². The molecule has 0 saturated heterocycles. The number of carbonyl (C=O) groups is 1. The van der Waals surface area contributed by atoms with Gasteiger partial charge in [-0.05, 0) is 37.3 Å². The summed E-state index contributed by atoms with van der Waals surface area (Å²) in [6.45, 7) is 0.134. The van der Waals surface area contributed by atoms with E-state index in [0.29, 0.717) is 10.7 Å². The lowest BCUT2D eigenvalue weighted by atomic mass is 9.97. The van der Waals surface area contributed by atoms with Gasteiger partial charge in [0.05, 0.1) is 11.1 Å². The maximum absolute atomic E-state index is 13.6. The Kier molecular flexibility index (Phi) is 5.50. The molecule has 0 unspecified atom stereocenters. The van der Waals surface area contributed by atoms with Gasteiger partial charge < -0.3 is 5.32 Å². The highest BCUT2D eigenvalue weighted by Gasteiger charge is 2.21. The monoisotopic (exact) mass is 417 g/mol. The highest BCUT2D eigenvalue weighted by atomic mass is 32.2. The molecule has 0 atom stereocenters. The Balaban J connectivity index is 1.47. The molecule has 28 heavy (non-hydrogen) atoms. The van der Waals surface area contributed by atoms with Crippen molar-refractivity contribution in [3.8, 4) is 0 Å². The number of fused-ring (bicyclic) bond motifs is 3. The Morgan fingerprint density at radius 1 is 1.32 bits per heavy atom. The smallest absolute Gasteiger partial charge is 0.262 e. The normalized spacial score (nSPS) is 13.5. The molecule has 0 spiro atoms. The number of thiophene rings is 1. The number of amides is 1. The number of hydrogen-bond acceptors (Lipinski definition) is 5. The van der Waals surface area contributed by atoms with E-state index in [2.05, 4.69) is 10.3 Å². The minimum absolute atomic E-state index is 0.0429. The van der Waals surface area contributed by atoms with Gasteiger partial charge in [-0.2, -0.15) is 0 Å². The van der Waals surface area contributed by atoms with Crippen molar-refractivity contribution in [3.63, 3.8) is 0 Å². The summed E-state index contributed by atoms with van der Waals surface area (Å²) in [5.74, 6) is -0.453. The molecule has 0 aliphatic heterocycles. The van der Waals surface area contributed by atoms with E-state index >= 15 is 0 Å². The Labute approximate surface area is 170 Å². The number of thioether (sulfide) groups is 1. The molecule has 2 heterocycles. The molecule has 8 heteroatoms. The maximum atomic E-state index is 13.6. The van der Waals surface area contributed by atoms with Crippen LogP contribution < -0.4 is 10.9 Å². The lowest BCUT2D eigenvalue weighted by molar-refractivity contribution is -0.118. The zero-order chi connectivity index (χ0) is 19.7. The van der Waals surface area contributed by atoms with Crippen molar-refractivity contribution in [2.24, 2.45) is 7.05 Å². The summed E-state index contributed by atoms with van der Waals surface area (Å²) in [5.41, 5.74) is 1.56. The van der Waals surface area contributed by atoms with E-state index in [1.165, 1.54) is 32.8 Å². The van der Waals surface area contributed by atoms with E-state index in [4.69, 9.17) is 0 Å². The third kappa shape index (κ3) is 3.71. The summed E-state index contributed by atoms with van der Waals surface area (Å²) in [6.07, 6.45) is 4.22. The van der Waals surface area contributed by atoms with E-state index < -0.39 is 0 Å². The maximum Gasteiger partial charge on any atom is 0.262 e. The molecule has 0 radical (unpaired) electrons. The highest BCUT2D eigenvalue weighted by molar-refractivity contribution is 7.99. The van der Waals surface area contributed by atoms with Gasteiger partial charge in [-0.15, -0.1) is 11.3 Å². The Bertz CT molecular complexity index is 1110. The van der Waals surface area contributed by atoms with Crippen molar-refractivity contribution >= 4 is 39.2 Å². The van der Waals surface area contributed by atoms with Gasteiger partial charge >= 0.3 is 0 Å². The minimum Gasteiger partial charge on any atom is -0.351 e. The summed E-state index contributed by atoms with van der Waals surface area (Å²) in [5, 5.41) is 3.98. The molecule has 146 valence electrons. The van der Waals surface area contributed by atoms with Gasteiger partial charge in [0.1, 0.15) is 10.6 Å². The number of aromatic nitrogens is 2. The first-order chi connectivity index (χ1) is 13.5. The largest absolute Gasteiger partial charge is 0.351 e. The molecule has 5 nitrogen and oxygen atoms in total. The molecule has 4 rings (SSSR count). The summed E-state index contributed by atoms with van der Waals surface area (Å²) < 4.78 is 15.2. The number of halogens is 1. The fourth-order valence-corrected chi connectivity index (χ4v) is 5.52. The number of aryl methyl sites for hydroxylation is 2. The zero-order valence-corrected chi connectivity index (χ0v) is 17.1. The summed E-state index contributed by atoms with van der Waals surface area (Å²) in [4.78, 5) is 31.7. The van der Waals surface area contributed by atoms with Crippen LogP contribution in [0.1, 0.15) is 28.8 Å². The van der Waals surface area contributed by atoms with Crippen molar-refractivity contribution in [1.82, 2.24) is 14.9 Å². The molecule has 1 amide bonds. The number of nitrogens with zero attached hydrogens (tertiary/aromatic N) is 2. The molecule has 1 aliphatic rings. The number of hydrogen-bond donors (Lipinski definition) is 1. The van der Waals surface area contributed by atoms with Crippen LogP contribution in [0.2, 0.25) is 0 Å². The number of nitrogens with one attached hydrogen (secondary N) is 1. The lowest BCUT2D eigenvalue weighted by Crippen LogP contribution is -2.26. The van der Waals surface area contributed by atoms with Gasteiger partial charge in [0.2, 0.25) is 5.91 Å². The lowest BCUT2D eigenvalue weighted by Gasteiger charge is -2.11. The van der Waals surface area contributed by atoms with Gasteiger partial charge in [-0.3, -0.25) is 14.2 Å². The van der Waals surface area contributed by atoms with E-state index in [1.54, 1.807) is 36.6 Å². The van der Waals surface area contributed by atoms with Crippen LogP contribution in [0.3, 0.4) is 0 Å². The van der Waals surface area contributed by atoms with Gasteiger partial charge in [-0.25, -0.2) is 9.37 Å². The number of rotatable bonds is 5. The SMILES string of the molecule is Cn1c(SCC(=O)NCc2ccccc2F)nc2sc3c(c2c1=O)CCCC3. The van der Waals surface area contributed by atoms with E-state index in [9.17, 15) is 14.0 Å². The summed E-state index contributed by atoms with van der Waals surface area (Å²) in [6, 6.07) is 6.35. The molecule has 3 aromatic rings. The van der Waals surface area contributed by atoms with Gasteiger partial charge in [-0.1, -0.05) is 30.0 Å². The third-order valence-electron chi connectivity index (χ3n) is 4.92. The summed E-state index contributed by atoms with van der Waals surface area (Å²) >= 11 is 2.82. The first-order valence-corrected chi connectivity index (χ1v) is 11.0. The molecule has 1 aliphatic carbocycles. The molecule has 2 aromatic heterocycles. The fourth-order valence-electron chi connectivity index (χ4n) is 3.41. The third-order valence-corrected chi connectivity index (χ3v) is 7.14. The van der Waals surface area contributed by atoms with Crippen LogP contribution in [0.25, 0.3) is 10.2 Å². The Hall–Kier alpha value is -2.19. The highest BCUT2D eigenvalue weighted by Crippen LogP contribution is 2.34. The Morgan fingerprint density at radius 3 is 2.93 bits per heavy atom. The zero-order valence-electron chi connectivity index (χ0n) is 15.5. The quantitative estimate of drug-likeness (QED) is 0.510. The predicted octanol–water partition coefficient (Wildman–Crippen LogP) is 3.42. The average molecular weight is 418 g/mol. The first kappa shape index (κ1) is 19.1. The number of carbonyl (C=O) groups excluding carboxylic acids is 1. The van der Waals surface area contributed by atoms with E-state index in [1.807, 2.05) is 0 Å².